The van der Waals surface area contributed by atoms with Crippen LogP contribution in [0.1, 0.15) is 39.5 Å². The molecule has 0 spiro atoms. The van der Waals surface area contributed by atoms with E-state index in [1.54, 1.807) is 0 Å². The molecule has 0 saturated carbocycles. The van der Waals surface area contributed by atoms with E-state index in [1.165, 1.54) is 51.9 Å². The van der Waals surface area contributed by atoms with Gasteiger partial charge in [-0.25, -0.2) is 0 Å². The fraction of sp³-hybridized carbons (Fsp3) is 1.00. The second-order valence-electron chi connectivity index (χ2n) is 6.27. The second kappa shape index (κ2) is 4.87. The number of piperidine rings is 1. The lowest BCUT2D eigenvalue weighted by Gasteiger charge is -2.43. The molecule has 3 rings (SSSR count). The van der Waals surface area contributed by atoms with Crippen molar-refractivity contribution in [1.82, 2.24) is 9.80 Å². The topological polar surface area (TPSA) is 15.7 Å². The van der Waals surface area contributed by atoms with Gasteiger partial charge in [-0.2, -0.15) is 0 Å². The summed E-state index contributed by atoms with van der Waals surface area (Å²) in [5.41, 5.74) is 0. The number of hydrogen-bond acceptors (Lipinski definition) is 3. The zero-order valence-corrected chi connectivity index (χ0v) is 11.3. The Morgan fingerprint density at radius 2 is 1.53 bits per heavy atom. The lowest BCUT2D eigenvalue weighted by molar-refractivity contribution is -0.0616. The van der Waals surface area contributed by atoms with Crippen molar-refractivity contribution in [2.24, 2.45) is 0 Å². The third-order valence-corrected chi connectivity index (χ3v) is 4.82. The Hall–Kier alpha value is -0.120. The van der Waals surface area contributed by atoms with Crippen LogP contribution in [0.3, 0.4) is 0 Å². The highest BCUT2D eigenvalue weighted by atomic mass is 16.5. The van der Waals surface area contributed by atoms with Crippen molar-refractivity contribution < 1.29 is 4.74 Å². The quantitative estimate of drug-likeness (QED) is 0.728. The Kier molecular flexibility index (Phi) is 3.42. The van der Waals surface area contributed by atoms with Gasteiger partial charge in [-0.3, -0.25) is 4.90 Å². The molecule has 0 aromatic rings. The van der Waals surface area contributed by atoms with Gasteiger partial charge in [0.15, 0.2) is 0 Å². The van der Waals surface area contributed by atoms with Crippen LogP contribution in [0.2, 0.25) is 0 Å². The molecule has 2 bridgehead atoms. The van der Waals surface area contributed by atoms with Gasteiger partial charge in [0.25, 0.3) is 0 Å². The summed E-state index contributed by atoms with van der Waals surface area (Å²) in [6.45, 7) is 9.60. The summed E-state index contributed by atoms with van der Waals surface area (Å²) in [6, 6.07) is 1.55. The maximum absolute atomic E-state index is 5.93. The molecule has 0 N–H and O–H groups in total. The highest BCUT2D eigenvalue weighted by molar-refractivity contribution is 4.90. The molecule has 3 nitrogen and oxygen atoms in total. The fourth-order valence-corrected chi connectivity index (χ4v) is 3.71. The molecule has 3 aliphatic rings. The van der Waals surface area contributed by atoms with Crippen molar-refractivity contribution in [1.29, 1.82) is 0 Å². The molecule has 0 aromatic carbocycles. The van der Waals surface area contributed by atoms with Crippen LogP contribution in [0.25, 0.3) is 0 Å². The van der Waals surface area contributed by atoms with Crippen LogP contribution in [-0.2, 0) is 4.74 Å². The van der Waals surface area contributed by atoms with Gasteiger partial charge < -0.3 is 9.64 Å². The van der Waals surface area contributed by atoms with E-state index in [4.69, 9.17) is 4.74 Å². The second-order valence-corrected chi connectivity index (χ2v) is 6.27. The van der Waals surface area contributed by atoms with Crippen molar-refractivity contribution in [3.63, 3.8) is 0 Å². The van der Waals surface area contributed by atoms with Crippen molar-refractivity contribution in [2.45, 2.75) is 63.8 Å². The Labute approximate surface area is 105 Å². The monoisotopic (exact) mass is 238 g/mol. The molecule has 0 amide bonds. The predicted octanol–water partition coefficient (Wildman–Crippen LogP) is 1.72. The summed E-state index contributed by atoms with van der Waals surface area (Å²) in [5, 5.41) is 0. The molecule has 0 aromatic heterocycles. The van der Waals surface area contributed by atoms with Crippen LogP contribution in [0.4, 0.5) is 0 Å². The van der Waals surface area contributed by atoms with E-state index in [0.717, 1.165) is 12.1 Å². The van der Waals surface area contributed by atoms with Gasteiger partial charge in [-0.15, -0.1) is 0 Å². The molecule has 0 radical (unpaired) electrons. The molecule has 98 valence electrons. The van der Waals surface area contributed by atoms with Crippen LogP contribution in [0.5, 0.6) is 0 Å². The smallest absolute Gasteiger partial charge is 0.0707 e. The number of hydrogen-bond donors (Lipinski definition) is 0. The maximum Gasteiger partial charge on any atom is 0.0707 e. The standard InChI is InChI=1S/C14H26N2O/c1-11(2)15-7-5-12(6-8-15)16-9-13-3-4-14(10-16)17-13/h11-14H,3-10H2,1-2H3. The maximum atomic E-state index is 5.93. The molecule has 3 fully saturated rings. The minimum atomic E-state index is 0.553. The average molecular weight is 238 g/mol. The van der Waals surface area contributed by atoms with Gasteiger partial charge in [0.05, 0.1) is 12.2 Å². The molecule has 2 atom stereocenters. The van der Waals surface area contributed by atoms with Crippen molar-refractivity contribution in [3.8, 4) is 0 Å². The van der Waals surface area contributed by atoms with Gasteiger partial charge in [0.1, 0.15) is 0 Å². The van der Waals surface area contributed by atoms with E-state index in [0.29, 0.717) is 12.2 Å². The highest BCUT2D eigenvalue weighted by Gasteiger charge is 2.37. The van der Waals surface area contributed by atoms with E-state index < -0.39 is 0 Å². The van der Waals surface area contributed by atoms with Gasteiger partial charge in [-0.1, -0.05) is 0 Å². The molecule has 3 heterocycles. The van der Waals surface area contributed by atoms with E-state index in [-0.39, 0.29) is 0 Å². The first-order valence-electron chi connectivity index (χ1n) is 7.36. The Bertz CT molecular complexity index is 249. The van der Waals surface area contributed by atoms with Crippen LogP contribution >= 0.6 is 0 Å². The number of ether oxygens (including phenoxy) is 1. The summed E-state index contributed by atoms with van der Waals surface area (Å²) in [6.07, 6.45) is 6.42. The molecule has 3 saturated heterocycles. The largest absolute Gasteiger partial charge is 0.372 e. The van der Waals surface area contributed by atoms with Crippen LogP contribution < -0.4 is 0 Å². The van der Waals surface area contributed by atoms with E-state index >= 15 is 0 Å². The predicted molar refractivity (Wildman–Crippen MR) is 69.2 cm³/mol. The first-order valence-corrected chi connectivity index (χ1v) is 7.36. The first-order chi connectivity index (χ1) is 8.22. The number of nitrogens with zero attached hydrogens (tertiary/aromatic N) is 2. The van der Waals surface area contributed by atoms with Crippen molar-refractivity contribution in [3.05, 3.63) is 0 Å². The Balaban J connectivity index is 1.53. The SMILES string of the molecule is CC(C)N1CCC(N2CC3CCC(C2)O3)CC1. The minimum Gasteiger partial charge on any atom is -0.372 e. The zero-order chi connectivity index (χ0) is 11.8. The fourth-order valence-electron chi connectivity index (χ4n) is 3.71. The lowest BCUT2D eigenvalue weighted by atomic mass is 10.0. The summed E-state index contributed by atoms with van der Waals surface area (Å²) in [5.74, 6) is 0. The van der Waals surface area contributed by atoms with E-state index in [9.17, 15) is 0 Å². The highest BCUT2D eigenvalue weighted by Crippen LogP contribution is 2.29. The Morgan fingerprint density at radius 1 is 0.941 bits per heavy atom. The van der Waals surface area contributed by atoms with Crippen molar-refractivity contribution >= 4 is 0 Å². The number of likely N-dealkylation sites (tertiary alicyclic amines) is 2. The van der Waals surface area contributed by atoms with Crippen LogP contribution in [0, 0.1) is 0 Å². The number of fused-ring (bicyclic) bond motifs is 2. The Morgan fingerprint density at radius 3 is 2.06 bits per heavy atom. The van der Waals surface area contributed by atoms with Crippen molar-refractivity contribution in [2.75, 3.05) is 26.2 Å². The zero-order valence-electron chi connectivity index (χ0n) is 11.3. The molecular weight excluding hydrogens is 212 g/mol. The van der Waals surface area contributed by atoms with Gasteiger partial charge in [0.2, 0.25) is 0 Å². The molecule has 3 aliphatic heterocycles. The summed E-state index contributed by atoms with van der Waals surface area (Å²) in [4.78, 5) is 5.34. The minimum absolute atomic E-state index is 0.553. The molecule has 17 heavy (non-hydrogen) atoms. The van der Waals surface area contributed by atoms with Gasteiger partial charge in [0, 0.05) is 25.2 Å². The normalized spacial score (nSPS) is 36.9. The third-order valence-electron chi connectivity index (χ3n) is 4.82. The summed E-state index contributed by atoms with van der Waals surface area (Å²) >= 11 is 0. The molecule has 2 unspecified atom stereocenters. The first kappa shape index (κ1) is 11.9. The van der Waals surface area contributed by atoms with E-state index in [1.807, 2.05) is 0 Å². The summed E-state index contributed by atoms with van der Waals surface area (Å²) in [7, 11) is 0. The summed E-state index contributed by atoms with van der Waals surface area (Å²) < 4.78 is 5.93. The third kappa shape index (κ3) is 2.51. The lowest BCUT2D eigenvalue weighted by Crippen LogP contribution is -2.52. The van der Waals surface area contributed by atoms with Crippen LogP contribution in [0.15, 0.2) is 0 Å². The average Bonchev–Trinajstić information content (AvgIpc) is 2.68. The van der Waals surface area contributed by atoms with Gasteiger partial charge in [-0.05, 0) is 52.6 Å². The van der Waals surface area contributed by atoms with Crippen LogP contribution in [-0.4, -0.2) is 60.3 Å². The molecule has 3 heteroatoms. The molecule has 0 aliphatic carbocycles. The number of morpholine rings is 1. The van der Waals surface area contributed by atoms with E-state index in [2.05, 4.69) is 23.6 Å². The molecular formula is C14H26N2O. The van der Waals surface area contributed by atoms with Gasteiger partial charge >= 0.3 is 0 Å². The number of rotatable bonds is 2.